The molecule has 0 aliphatic carbocycles. The van der Waals surface area contributed by atoms with Gasteiger partial charge in [-0.15, -0.1) is 12.4 Å². The maximum absolute atomic E-state index is 12.6. The van der Waals surface area contributed by atoms with Crippen molar-refractivity contribution < 1.29 is 9.53 Å². The SMILES string of the molecule is CCN(CC)CCOC(=O)C(=Cc1ccccc1)c1ccccc1.Cl. The second-order valence-electron chi connectivity index (χ2n) is 5.50. The van der Waals surface area contributed by atoms with Crippen LogP contribution in [0.4, 0.5) is 0 Å². The van der Waals surface area contributed by atoms with Gasteiger partial charge in [0.1, 0.15) is 6.61 Å². The minimum atomic E-state index is -0.280. The van der Waals surface area contributed by atoms with Crippen molar-refractivity contribution in [2.45, 2.75) is 13.8 Å². The van der Waals surface area contributed by atoms with Crippen molar-refractivity contribution >= 4 is 30.0 Å². The molecule has 4 heteroatoms. The van der Waals surface area contributed by atoms with Crippen molar-refractivity contribution in [1.82, 2.24) is 4.90 Å². The minimum Gasteiger partial charge on any atom is -0.461 e. The maximum Gasteiger partial charge on any atom is 0.338 e. The first kappa shape index (κ1) is 20.9. The molecule has 0 unspecified atom stereocenters. The Kier molecular flexibility index (Phi) is 9.60. The molecular formula is C21H26ClNO2. The van der Waals surface area contributed by atoms with Crippen LogP contribution in [0.1, 0.15) is 25.0 Å². The Labute approximate surface area is 156 Å². The summed E-state index contributed by atoms with van der Waals surface area (Å²) in [5.41, 5.74) is 2.44. The zero-order valence-electron chi connectivity index (χ0n) is 14.9. The molecule has 0 aliphatic heterocycles. The molecule has 3 nitrogen and oxygen atoms in total. The average molecular weight is 360 g/mol. The number of rotatable bonds is 8. The van der Waals surface area contributed by atoms with E-state index in [4.69, 9.17) is 4.74 Å². The van der Waals surface area contributed by atoms with E-state index in [1.807, 2.05) is 66.7 Å². The maximum atomic E-state index is 12.6. The molecular weight excluding hydrogens is 334 g/mol. The summed E-state index contributed by atoms with van der Waals surface area (Å²) in [4.78, 5) is 14.8. The number of likely N-dealkylation sites (N-methyl/N-ethyl adjacent to an activating group) is 1. The van der Waals surface area contributed by atoms with Crippen LogP contribution in [0.15, 0.2) is 60.7 Å². The molecule has 0 saturated heterocycles. The van der Waals surface area contributed by atoms with Crippen LogP contribution in [0.5, 0.6) is 0 Å². The first-order valence-corrected chi connectivity index (χ1v) is 8.46. The highest BCUT2D eigenvalue weighted by molar-refractivity contribution is 6.21. The van der Waals surface area contributed by atoms with E-state index in [1.165, 1.54) is 0 Å². The van der Waals surface area contributed by atoms with Gasteiger partial charge in [-0.2, -0.15) is 0 Å². The van der Waals surface area contributed by atoms with Crippen LogP contribution >= 0.6 is 12.4 Å². The molecule has 0 bridgehead atoms. The molecule has 0 aromatic heterocycles. The molecule has 2 aromatic carbocycles. The fourth-order valence-corrected chi connectivity index (χ4v) is 2.48. The number of carbonyl (C=O) groups is 1. The predicted octanol–water partition coefficient (Wildman–Crippen LogP) is 4.53. The highest BCUT2D eigenvalue weighted by Crippen LogP contribution is 2.19. The standard InChI is InChI=1S/C21H25NO2.ClH/c1-3-22(4-2)15-16-24-21(23)20(19-13-9-6-10-14-19)17-18-11-7-5-8-12-18;/h5-14,17H,3-4,15-16H2,1-2H3;1H. The Balaban J connectivity index is 0.00000312. The minimum absolute atomic E-state index is 0. The Hall–Kier alpha value is -2.10. The zero-order valence-corrected chi connectivity index (χ0v) is 15.7. The molecule has 0 radical (unpaired) electrons. The Morgan fingerprint density at radius 3 is 2.08 bits per heavy atom. The third-order valence-electron chi connectivity index (χ3n) is 3.95. The highest BCUT2D eigenvalue weighted by atomic mass is 35.5. The summed E-state index contributed by atoms with van der Waals surface area (Å²) in [6.07, 6.45) is 1.88. The van der Waals surface area contributed by atoms with Gasteiger partial charge in [0.2, 0.25) is 0 Å². The molecule has 2 rings (SSSR count). The van der Waals surface area contributed by atoms with E-state index in [-0.39, 0.29) is 18.4 Å². The second-order valence-corrected chi connectivity index (χ2v) is 5.50. The molecule has 0 N–H and O–H groups in total. The van der Waals surface area contributed by atoms with E-state index in [9.17, 15) is 4.79 Å². The van der Waals surface area contributed by atoms with E-state index < -0.39 is 0 Å². The summed E-state index contributed by atoms with van der Waals surface area (Å²) in [6.45, 7) is 7.29. The van der Waals surface area contributed by atoms with Gasteiger partial charge in [-0.25, -0.2) is 4.79 Å². The van der Waals surface area contributed by atoms with Crippen LogP contribution in [0.2, 0.25) is 0 Å². The summed E-state index contributed by atoms with van der Waals surface area (Å²) in [7, 11) is 0. The molecule has 0 heterocycles. The Bertz CT molecular complexity index is 652. The van der Waals surface area contributed by atoms with Crippen LogP contribution in [-0.4, -0.2) is 37.1 Å². The van der Waals surface area contributed by atoms with Crippen LogP contribution in [0.25, 0.3) is 11.6 Å². The number of hydrogen-bond acceptors (Lipinski definition) is 3. The van der Waals surface area contributed by atoms with Crippen molar-refractivity contribution in [1.29, 1.82) is 0 Å². The predicted molar refractivity (Wildman–Crippen MR) is 107 cm³/mol. The molecule has 2 aromatic rings. The van der Waals surface area contributed by atoms with Gasteiger partial charge in [0.15, 0.2) is 0 Å². The summed E-state index contributed by atoms with van der Waals surface area (Å²) in [6, 6.07) is 19.5. The van der Waals surface area contributed by atoms with Crippen LogP contribution in [0, 0.1) is 0 Å². The fourth-order valence-electron chi connectivity index (χ4n) is 2.48. The normalized spacial score (nSPS) is 11.1. The average Bonchev–Trinajstić information content (AvgIpc) is 2.64. The van der Waals surface area contributed by atoms with Crippen molar-refractivity contribution in [2.75, 3.05) is 26.2 Å². The lowest BCUT2D eigenvalue weighted by Crippen LogP contribution is -2.28. The number of benzene rings is 2. The van der Waals surface area contributed by atoms with Gasteiger partial charge in [-0.05, 0) is 30.3 Å². The highest BCUT2D eigenvalue weighted by Gasteiger charge is 2.14. The molecule has 0 fully saturated rings. The van der Waals surface area contributed by atoms with Crippen molar-refractivity contribution in [3.05, 3.63) is 71.8 Å². The molecule has 0 saturated carbocycles. The number of nitrogens with zero attached hydrogens (tertiary/aromatic N) is 1. The van der Waals surface area contributed by atoms with Crippen LogP contribution in [0.3, 0.4) is 0 Å². The van der Waals surface area contributed by atoms with Crippen LogP contribution < -0.4 is 0 Å². The van der Waals surface area contributed by atoms with Gasteiger partial charge < -0.3 is 9.64 Å². The van der Waals surface area contributed by atoms with Crippen molar-refractivity contribution in [2.24, 2.45) is 0 Å². The second kappa shape index (κ2) is 11.5. The van der Waals surface area contributed by atoms with E-state index in [1.54, 1.807) is 0 Å². The Morgan fingerprint density at radius 2 is 1.52 bits per heavy atom. The third-order valence-corrected chi connectivity index (χ3v) is 3.95. The molecule has 134 valence electrons. The summed E-state index contributed by atoms with van der Waals surface area (Å²) < 4.78 is 5.52. The summed E-state index contributed by atoms with van der Waals surface area (Å²) >= 11 is 0. The van der Waals surface area contributed by atoms with Crippen LogP contribution in [-0.2, 0) is 9.53 Å². The van der Waals surface area contributed by atoms with E-state index in [2.05, 4.69) is 18.7 Å². The van der Waals surface area contributed by atoms with Gasteiger partial charge in [0, 0.05) is 6.54 Å². The molecule has 25 heavy (non-hydrogen) atoms. The molecule has 0 aliphatic rings. The van der Waals surface area contributed by atoms with Gasteiger partial charge in [0.25, 0.3) is 0 Å². The first-order chi connectivity index (χ1) is 11.7. The number of ether oxygens (including phenoxy) is 1. The fraction of sp³-hybridized carbons (Fsp3) is 0.286. The number of carbonyl (C=O) groups excluding carboxylic acids is 1. The van der Waals surface area contributed by atoms with Gasteiger partial charge in [-0.1, -0.05) is 74.5 Å². The lowest BCUT2D eigenvalue weighted by Gasteiger charge is -2.18. The van der Waals surface area contributed by atoms with E-state index in [0.29, 0.717) is 12.2 Å². The Morgan fingerprint density at radius 1 is 0.960 bits per heavy atom. The van der Waals surface area contributed by atoms with Gasteiger partial charge in [0.05, 0.1) is 5.57 Å². The summed E-state index contributed by atoms with van der Waals surface area (Å²) in [5.74, 6) is -0.280. The molecule has 0 atom stereocenters. The van der Waals surface area contributed by atoms with Gasteiger partial charge >= 0.3 is 5.97 Å². The van der Waals surface area contributed by atoms with E-state index >= 15 is 0 Å². The van der Waals surface area contributed by atoms with Gasteiger partial charge in [-0.3, -0.25) is 0 Å². The lowest BCUT2D eigenvalue weighted by atomic mass is 10.0. The first-order valence-electron chi connectivity index (χ1n) is 8.46. The largest absolute Gasteiger partial charge is 0.461 e. The van der Waals surface area contributed by atoms with E-state index in [0.717, 1.165) is 30.8 Å². The zero-order chi connectivity index (χ0) is 17.2. The molecule has 0 amide bonds. The number of halogens is 1. The topological polar surface area (TPSA) is 29.5 Å². The monoisotopic (exact) mass is 359 g/mol. The molecule has 0 spiro atoms. The van der Waals surface area contributed by atoms with Crippen molar-refractivity contribution in [3.8, 4) is 0 Å². The smallest absolute Gasteiger partial charge is 0.338 e. The van der Waals surface area contributed by atoms with Crippen molar-refractivity contribution in [3.63, 3.8) is 0 Å². The quantitative estimate of drug-likeness (QED) is 0.394. The summed E-state index contributed by atoms with van der Waals surface area (Å²) in [5, 5.41) is 0. The third kappa shape index (κ3) is 6.73. The lowest BCUT2D eigenvalue weighted by molar-refractivity contribution is -0.136. The number of hydrogen-bond donors (Lipinski definition) is 0. The number of esters is 1.